The molecule has 8 heteroatoms. The van der Waals surface area contributed by atoms with Gasteiger partial charge in [-0.2, -0.15) is 0 Å². The van der Waals surface area contributed by atoms with E-state index in [4.69, 9.17) is 28.4 Å². The van der Waals surface area contributed by atoms with Crippen molar-refractivity contribution in [3.8, 4) is 34.5 Å². The van der Waals surface area contributed by atoms with E-state index in [-0.39, 0.29) is 11.5 Å². The van der Waals surface area contributed by atoms with Crippen molar-refractivity contribution < 1.29 is 38.0 Å². The third-order valence-electron chi connectivity index (χ3n) is 5.55. The van der Waals surface area contributed by atoms with E-state index >= 15 is 0 Å². The second kappa shape index (κ2) is 9.80. The van der Waals surface area contributed by atoms with E-state index in [1.54, 1.807) is 68.6 Å². The van der Waals surface area contributed by atoms with Crippen molar-refractivity contribution in [1.82, 2.24) is 0 Å². The van der Waals surface area contributed by atoms with Crippen LogP contribution in [0, 0.1) is 6.92 Å². The zero-order chi connectivity index (χ0) is 25.1. The monoisotopic (exact) mass is 476 g/mol. The largest absolute Gasteiger partial charge is 0.497 e. The molecular weight excluding hydrogens is 452 g/mol. The normalized spacial score (nSPS) is 13.2. The van der Waals surface area contributed by atoms with Crippen molar-refractivity contribution in [2.75, 3.05) is 28.4 Å². The first-order valence-corrected chi connectivity index (χ1v) is 10.6. The number of benzene rings is 3. The Morgan fingerprint density at radius 2 is 1.49 bits per heavy atom. The summed E-state index contributed by atoms with van der Waals surface area (Å²) in [6.45, 7) is 1.73. The van der Waals surface area contributed by atoms with E-state index < -0.39 is 5.97 Å². The first-order chi connectivity index (χ1) is 16.9. The second-order valence-electron chi connectivity index (χ2n) is 7.58. The van der Waals surface area contributed by atoms with Crippen LogP contribution in [0.1, 0.15) is 31.8 Å². The summed E-state index contributed by atoms with van der Waals surface area (Å²) in [5.74, 6) is 1.91. The van der Waals surface area contributed by atoms with E-state index in [1.165, 1.54) is 21.3 Å². The van der Waals surface area contributed by atoms with Crippen LogP contribution < -0.4 is 28.4 Å². The van der Waals surface area contributed by atoms with Crippen LogP contribution in [-0.2, 0) is 0 Å². The van der Waals surface area contributed by atoms with E-state index in [0.29, 0.717) is 56.8 Å². The average molecular weight is 476 g/mol. The van der Waals surface area contributed by atoms with Gasteiger partial charge in [0.25, 0.3) is 0 Å². The van der Waals surface area contributed by atoms with Gasteiger partial charge in [0.05, 0.1) is 39.6 Å². The molecule has 4 rings (SSSR count). The Hall–Kier alpha value is -4.46. The number of methoxy groups -OCH3 is 4. The quantitative estimate of drug-likeness (QED) is 0.271. The molecule has 0 saturated heterocycles. The lowest BCUT2D eigenvalue weighted by Crippen LogP contribution is -2.09. The number of allylic oxidation sites excluding steroid dienone is 1. The maximum Gasteiger partial charge on any atom is 0.343 e. The molecule has 0 aromatic heterocycles. The Bertz CT molecular complexity index is 1300. The van der Waals surface area contributed by atoms with Gasteiger partial charge < -0.3 is 28.4 Å². The van der Waals surface area contributed by atoms with Gasteiger partial charge in [-0.25, -0.2) is 4.79 Å². The van der Waals surface area contributed by atoms with Gasteiger partial charge in [0.1, 0.15) is 17.2 Å². The highest BCUT2D eigenvalue weighted by molar-refractivity contribution is 6.15. The summed E-state index contributed by atoms with van der Waals surface area (Å²) in [7, 11) is 6.09. The fourth-order valence-corrected chi connectivity index (χ4v) is 3.70. The van der Waals surface area contributed by atoms with Gasteiger partial charge >= 0.3 is 5.97 Å². The molecule has 0 N–H and O–H groups in total. The van der Waals surface area contributed by atoms with Gasteiger partial charge in [0, 0.05) is 5.56 Å². The van der Waals surface area contributed by atoms with Gasteiger partial charge in [-0.15, -0.1) is 0 Å². The topological polar surface area (TPSA) is 89.5 Å². The minimum Gasteiger partial charge on any atom is -0.497 e. The Balaban J connectivity index is 1.61. The molecule has 0 amide bonds. The first-order valence-electron chi connectivity index (χ1n) is 10.6. The van der Waals surface area contributed by atoms with E-state index in [2.05, 4.69) is 0 Å². The smallest absolute Gasteiger partial charge is 0.343 e. The summed E-state index contributed by atoms with van der Waals surface area (Å²) in [5, 5.41) is 0. The standard InChI is InChI=1S/C27H24O8/c1-15-20(35-27(29)17-6-8-18(30-2)9-7-17)11-10-19-24(28)21(34-25(15)19)12-16-13-22(31-3)26(33-5)23(14-16)32-4/h6-14H,1-5H3/b21-12-. The molecule has 0 atom stereocenters. The molecule has 8 nitrogen and oxygen atoms in total. The van der Waals surface area contributed by atoms with E-state index in [0.717, 1.165) is 0 Å². The molecule has 0 bridgehead atoms. The van der Waals surface area contributed by atoms with Crippen molar-refractivity contribution >= 4 is 17.8 Å². The molecule has 1 aliphatic rings. The second-order valence-corrected chi connectivity index (χ2v) is 7.58. The zero-order valence-corrected chi connectivity index (χ0v) is 20.0. The third-order valence-corrected chi connectivity index (χ3v) is 5.55. The maximum absolute atomic E-state index is 13.0. The predicted octanol–water partition coefficient (Wildman–Crippen LogP) is 4.86. The van der Waals surface area contributed by atoms with Crippen molar-refractivity contribution in [2.45, 2.75) is 6.92 Å². The molecule has 0 aliphatic carbocycles. The molecule has 180 valence electrons. The maximum atomic E-state index is 13.0. The van der Waals surface area contributed by atoms with Crippen LogP contribution in [0.4, 0.5) is 0 Å². The molecule has 0 spiro atoms. The van der Waals surface area contributed by atoms with Crippen molar-refractivity contribution in [3.63, 3.8) is 0 Å². The molecule has 0 fully saturated rings. The van der Waals surface area contributed by atoms with Crippen molar-refractivity contribution in [2.24, 2.45) is 0 Å². The van der Waals surface area contributed by atoms with Crippen LogP contribution in [0.3, 0.4) is 0 Å². The minimum atomic E-state index is -0.534. The third kappa shape index (κ3) is 4.50. The van der Waals surface area contributed by atoms with Crippen LogP contribution in [-0.4, -0.2) is 40.2 Å². The Morgan fingerprint density at radius 1 is 0.829 bits per heavy atom. The van der Waals surface area contributed by atoms with Crippen molar-refractivity contribution in [1.29, 1.82) is 0 Å². The summed E-state index contributed by atoms with van der Waals surface area (Å²) in [6.07, 6.45) is 1.59. The number of Topliss-reactive ketones (excluding diaryl/α,β-unsaturated/α-hetero) is 1. The first kappa shape index (κ1) is 23.7. The van der Waals surface area contributed by atoms with Crippen LogP contribution >= 0.6 is 0 Å². The number of esters is 1. The molecule has 35 heavy (non-hydrogen) atoms. The number of fused-ring (bicyclic) bond motifs is 1. The number of hydrogen-bond acceptors (Lipinski definition) is 8. The summed E-state index contributed by atoms with van der Waals surface area (Å²) >= 11 is 0. The lowest BCUT2D eigenvalue weighted by Gasteiger charge is -2.13. The minimum absolute atomic E-state index is 0.121. The predicted molar refractivity (Wildman–Crippen MR) is 128 cm³/mol. The summed E-state index contributed by atoms with van der Waals surface area (Å²) in [6, 6.07) is 13.2. The van der Waals surface area contributed by atoms with Crippen LogP contribution in [0.2, 0.25) is 0 Å². The highest BCUT2D eigenvalue weighted by atomic mass is 16.5. The zero-order valence-electron chi connectivity index (χ0n) is 20.0. The fourth-order valence-electron chi connectivity index (χ4n) is 3.70. The molecule has 1 aliphatic heterocycles. The number of carbonyl (C=O) groups is 2. The van der Waals surface area contributed by atoms with Crippen molar-refractivity contribution in [3.05, 3.63) is 76.5 Å². The Labute approximate surface area is 202 Å². The van der Waals surface area contributed by atoms with E-state index in [9.17, 15) is 9.59 Å². The van der Waals surface area contributed by atoms with E-state index in [1.807, 2.05) is 0 Å². The van der Waals surface area contributed by atoms with Crippen LogP contribution in [0.25, 0.3) is 6.08 Å². The van der Waals surface area contributed by atoms with Gasteiger partial charge in [-0.1, -0.05) is 0 Å². The van der Waals surface area contributed by atoms with Crippen LogP contribution in [0.15, 0.2) is 54.3 Å². The Morgan fingerprint density at radius 3 is 2.06 bits per heavy atom. The highest BCUT2D eigenvalue weighted by Crippen LogP contribution is 2.42. The molecule has 0 radical (unpaired) electrons. The van der Waals surface area contributed by atoms with Gasteiger partial charge in [-0.3, -0.25) is 4.79 Å². The summed E-state index contributed by atoms with van der Waals surface area (Å²) < 4.78 is 32.7. The number of hydrogen-bond donors (Lipinski definition) is 0. The molecule has 3 aromatic carbocycles. The lowest BCUT2D eigenvalue weighted by atomic mass is 10.1. The van der Waals surface area contributed by atoms with Gasteiger partial charge in [0.2, 0.25) is 11.5 Å². The summed E-state index contributed by atoms with van der Waals surface area (Å²) in [4.78, 5) is 25.6. The summed E-state index contributed by atoms with van der Waals surface area (Å²) in [5.41, 5.74) is 1.90. The van der Waals surface area contributed by atoms with Crippen LogP contribution in [0.5, 0.6) is 34.5 Å². The molecule has 0 saturated carbocycles. The highest BCUT2D eigenvalue weighted by Gasteiger charge is 2.31. The SMILES string of the molecule is COc1ccc(C(=O)Oc2ccc3c(c2C)O/C(=C\c2cc(OC)c(OC)c(OC)c2)C3=O)cc1. The molecular formula is C27H24O8. The van der Waals surface area contributed by atoms with Gasteiger partial charge in [-0.05, 0) is 67.1 Å². The lowest BCUT2D eigenvalue weighted by molar-refractivity contribution is 0.0733. The molecule has 1 heterocycles. The molecule has 3 aromatic rings. The average Bonchev–Trinajstić information content (AvgIpc) is 3.20. The number of rotatable bonds is 7. The fraction of sp³-hybridized carbons (Fsp3) is 0.185. The number of ketones is 1. The number of carbonyl (C=O) groups excluding carboxylic acids is 2. The molecule has 0 unspecified atom stereocenters. The van der Waals surface area contributed by atoms with Gasteiger partial charge in [0.15, 0.2) is 17.3 Å². The number of ether oxygens (including phenoxy) is 6. The Kier molecular flexibility index (Phi) is 6.64.